The summed E-state index contributed by atoms with van der Waals surface area (Å²) in [5.74, 6) is -0.913. The van der Waals surface area contributed by atoms with Gasteiger partial charge in [0, 0.05) is 19.3 Å². The number of esters is 3. The highest BCUT2D eigenvalue weighted by atomic mass is 16.6. The van der Waals surface area contributed by atoms with Crippen LogP contribution < -0.4 is 0 Å². The minimum absolute atomic E-state index is 0.0853. The molecule has 0 aromatic heterocycles. The first kappa shape index (κ1) is 64.8. The molecule has 68 heavy (non-hydrogen) atoms. The molecule has 0 rings (SSSR count). The Morgan fingerprint density at radius 3 is 0.868 bits per heavy atom. The van der Waals surface area contributed by atoms with E-state index in [0.717, 1.165) is 89.9 Å². The van der Waals surface area contributed by atoms with Crippen molar-refractivity contribution in [2.24, 2.45) is 0 Å². The van der Waals surface area contributed by atoms with Gasteiger partial charge in [-0.25, -0.2) is 0 Å². The van der Waals surface area contributed by atoms with Crippen LogP contribution >= 0.6 is 0 Å². The third-order valence-corrected chi connectivity index (χ3v) is 12.4. The molecule has 0 aromatic rings. The third kappa shape index (κ3) is 53.8. The molecule has 0 aliphatic rings. The van der Waals surface area contributed by atoms with Crippen molar-refractivity contribution in [1.82, 2.24) is 0 Å². The van der Waals surface area contributed by atoms with Crippen LogP contribution in [0, 0.1) is 0 Å². The summed E-state index contributed by atoms with van der Waals surface area (Å²) in [6, 6.07) is 0. The molecular formula is C62H108O6. The summed E-state index contributed by atoms with van der Waals surface area (Å²) >= 11 is 0. The van der Waals surface area contributed by atoms with Crippen molar-refractivity contribution in [3.05, 3.63) is 72.9 Å². The number of allylic oxidation sites excluding steroid dienone is 12. The quantitative estimate of drug-likeness (QED) is 0.0262. The molecule has 0 bridgehead atoms. The minimum atomic E-state index is -0.789. The van der Waals surface area contributed by atoms with Crippen LogP contribution in [0.5, 0.6) is 0 Å². The number of unbranched alkanes of at least 4 members (excludes halogenated alkanes) is 29. The lowest BCUT2D eigenvalue weighted by atomic mass is 10.0. The van der Waals surface area contributed by atoms with E-state index in [1.807, 2.05) is 0 Å². The van der Waals surface area contributed by atoms with Gasteiger partial charge < -0.3 is 14.2 Å². The van der Waals surface area contributed by atoms with Crippen molar-refractivity contribution < 1.29 is 28.6 Å². The van der Waals surface area contributed by atoms with Gasteiger partial charge >= 0.3 is 17.9 Å². The van der Waals surface area contributed by atoms with Crippen molar-refractivity contribution in [3.63, 3.8) is 0 Å². The van der Waals surface area contributed by atoms with Gasteiger partial charge in [-0.1, -0.05) is 241 Å². The largest absolute Gasteiger partial charge is 0.462 e. The molecule has 0 fully saturated rings. The fraction of sp³-hybridized carbons (Fsp3) is 0.758. The Hall–Kier alpha value is -3.15. The minimum Gasteiger partial charge on any atom is -0.462 e. The van der Waals surface area contributed by atoms with Gasteiger partial charge in [-0.3, -0.25) is 14.4 Å². The molecular weight excluding hydrogens is 841 g/mol. The highest BCUT2D eigenvalue weighted by molar-refractivity contribution is 5.71. The van der Waals surface area contributed by atoms with E-state index >= 15 is 0 Å². The molecule has 0 saturated carbocycles. The smallest absolute Gasteiger partial charge is 0.306 e. The van der Waals surface area contributed by atoms with E-state index in [1.165, 1.54) is 154 Å². The molecule has 0 heterocycles. The van der Waals surface area contributed by atoms with Gasteiger partial charge in [0.1, 0.15) is 13.2 Å². The molecule has 0 unspecified atom stereocenters. The molecule has 6 heteroatoms. The molecule has 0 aliphatic carbocycles. The van der Waals surface area contributed by atoms with Gasteiger partial charge in [0.15, 0.2) is 6.10 Å². The fourth-order valence-corrected chi connectivity index (χ4v) is 8.04. The molecule has 0 amide bonds. The first-order valence-corrected chi connectivity index (χ1v) is 28.9. The van der Waals surface area contributed by atoms with Gasteiger partial charge in [-0.2, -0.15) is 0 Å². The third-order valence-electron chi connectivity index (χ3n) is 12.4. The molecule has 0 saturated heterocycles. The first-order valence-electron chi connectivity index (χ1n) is 28.9. The highest BCUT2D eigenvalue weighted by Crippen LogP contribution is 2.15. The zero-order chi connectivity index (χ0) is 49.3. The van der Waals surface area contributed by atoms with Gasteiger partial charge in [-0.15, -0.1) is 0 Å². The van der Waals surface area contributed by atoms with Gasteiger partial charge in [0.25, 0.3) is 0 Å². The predicted molar refractivity (Wildman–Crippen MR) is 293 cm³/mol. The number of carbonyl (C=O) groups is 3. The second-order valence-electron chi connectivity index (χ2n) is 19.2. The van der Waals surface area contributed by atoms with E-state index in [-0.39, 0.29) is 31.1 Å². The Balaban J connectivity index is 4.41. The maximum absolute atomic E-state index is 12.9. The monoisotopic (exact) mass is 949 g/mol. The van der Waals surface area contributed by atoms with Gasteiger partial charge in [-0.05, 0) is 96.3 Å². The Morgan fingerprint density at radius 2 is 0.529 bits per heavy atom. The average Bonchev–Trinajstić information content (AvgIpc) is 3.34. The fourth-order valence-electron chi connectivity index (χ4n) is 8.04. The summed E-state index contributed by atoms with van der Waals surface area (Å²) in [6.45, 7) is 6.57. The summed E-state index contributed by atoms with van der Waals surface area (Å²) in [6.07, 6.45) is 71.7. The normalized spacial score (nSPS) is 12.6. The van der Waals surface area contributed by atoms with Crippen molar-refractivity contribution in [2.45, 2.75) is 290 Å². The zero-order valence-electron chi connectivity index (χ0n) is 44.9. The van der Waals surface area contributed by atoms with Crippen LogP contribution in [0.2, 0.25) is 0 Å². The summed E-state index contributed by atoms with van der Waals surface area (Å²) in [5, 5.41) is 0. The van der Waals surface area contributed by atoms with Crippen molar-refractivity contribution >= 4 is 17.9 Å². The summed E-state index contributed by atoms with van der Waals surface area (Å²) in [7, 11) is 0. The second kappa shape index (κ2) is 56.4. The molecule has 1 atom stereocenters. The number of hydrogen-bond acceptors (Lipinski definition) is 6. The zero-order valence-corrected chi connectivity index (χ0v) is 44.9. The van der Waals surface area contributed by atoms with Crippen LogP contribution in [-0.4, -0.2) is 37.2 Å². The van der Waals surface area contributed by atoms with E-state index in [0.29, 0.717) is 19.3 Å². The predicted octanol–water partition coefficient (Wildman–Crippen LogP) is 19.4. The molecule has 0 aromatic carbocycles. The van der Waals surface area contributed by atoms with Crippen LogP contribution in [0.25, 0.3) is 0 Å². The molecule has 0 radical (unpaired) electrons. The van der Waals surface area contributed by atoms with Crippen molar-refractivity contribution in [2.75, 3.05) is 13.2 Å². The molecule has 0 spiro atoms. The Bertz CT molecular complexity index is 1270. The standard InChI is InChI=1S/C62H108O6/c1-4-7-10-13-16-19-22-25-27-29-31-33-35-37-40-43-46-49-52-55-61(64)67-58-59(57-66-60(63)54-51-48-45-42-39-24-21-18-15-12-9-6-3)68-62(65)56-53-50-47-44-41-38-36-34-32-30-28-26-23-20-17-14-11-8-5-2/h16-17,19-20,25-28,31,33,37,40,59H,4-15,18,21-24,29-30,32,34-36,38-39,41-58H2,1-3H3/b19-16-,20-17-,27-25-,28-26-,33-31-,40-37-/t59-/m0/s1. The van der Waals surface area contributed by atoms with Crippen molar-refractivity contribution in [3.8, 4) is 0 Å². The van der Waals surface area contributed by atoms with E-state index in [4.69, 9.17) is 14.2 Å². The molecule has 0 aliphatic heterocycles. The van der Waals surface area contributed by atoms with Crippen LogP contribution in [0.15, 0.2) is 72.9 Å². The maximum Gasteiger partial charge on any atom is 0.306 e. The average molecular weight is 950 g/mol. The van der Waals surface area contributed by atoms with Gasteiger partial charge in [0.05, 0.1) is 0 Å². The molecule has 0 N–H and O–H groups in total. The van der Waals surface area contributed by atoms with Crippen molar-refractivity contribution in [1.29, 1.82) is 0 Å². The number of hydrogen-bond donors (Lipinski definition) is 0. The second-order valence-corrected chi connectivity index (χ2v) is 19.2. The first-order chi connectivity index (χ1) is 33.5. The lowest BCUT2D eigenvalue weighted by Gasteiger charge is -2.18. The summed E-state index contributed by atoms with van der Waals surface area (Å²) in [5.41, 5.74) is 0. The molecule has 392 valence electrons. The van der Waals surface area contributed by atoms with Crippen LogP contribution in [0.4, 0.5) is 0 Å². The SMILES string of the molecule is CCCCC/C=C\C/C=C\C/C=C\C/C=C\CCCCCC(=O)OC[C@H](COC(=O)CCCCCCCCCCCCCC)OC(=O)CCCCCCCCCCC/C=C\C/C=C\CCCCC. The lowest BCUT2D eigenvalue weighted by molar-refractivity contribution is -0.167. The number of ether oxygens (including phenoxy) is 3. The van der Waals surface area contributed by atoms with Crippen LogP contribution in [-0.2, 0) is 28.6 Å². The van der Waals surface area contributed by atoms with E-state index in [1.54, 1.807) is 0 Å². The Labute approximate surface area is 421 Å². The lowest BCUT2D eigenvalue weighted by Crippen LogP contribution is -2.30. The Morgan fingerprint density at radius 1 is 0.294 bits per heavy atom. The Kier molecular flexibility index (Phi) is 53.8. The van der Waals surface area contributed by atoms with Crippen LogP contribution in [0.3, 0.4) is 0 Å². The number of rotatable bonds is 52. The topological polar surface area (TPSA) is 78.9 Å². The van der Waals surface area contributed by atoms with E-state index in [9.17, 15) is 14.4 Å². The van der Waals surface area contributed by atoms with E-state index in [2.05, 4.69) is 93.7 Å². The van der Waals surface area contributed by atoms with Crippen LogP contribution in [0.1, 0.15) is 284 Å². The highest BCUT2D eigenvalue weighted by Gasteiger charge is 2.19. The maximum atomic E-state index is 12.9. The number of carbonyl (C=O) groups excluding carboxylic acids is 3. The summed E-state index contributed by atoms with van der Waals surface area (Å²) in [4.78, 5) is 38.1. The molecule has 6 nitrogen and oxygen atoms in total. The van der Waals surface area contributed by atoms with E-state index < -0.39 is 6.10 Å². The summed E-state index contributed by atoms with van der Waals surface area (Å²) < 4.78 is 16.8. The van der Waals surface area contributed by atoms with Gasteiger partial charge in [0.2, 0.25) is 0 Å².